The van der Waals surface area contributed by atoms with E-state index in [9.17, 15) is 13.2 Å². The summed E-state index contributed by atoms with van der Waals surface area (Å²) in [6.07, 6.45) is -3.40. The van der Waals surface area contributed by atoms with Crippen LogP contribution < -0.4 is 10.1 Å². The number of nitrogens with zero attached hydrogens (tertiary/aromatic N) is 2. The van der Waals surface area contributed by atoms with Crippen molar-refractivity contribution in [1.82, 2.24) is 4.98 Å². The smallest absolute Gasteiger partial charge is 0.404 e. The highest BCUT2D eigenvalue weighted by molar-refractivity contribution is 9.10. The van der Waals surface area contributed by atoms with Gasteiger partial charge in [0.05, 0.1) is 11.3 Å². The lowest BCUT2D eigenvalue weighted by atomic mass is 10.2. The second-order valence-corrected chi connectivity index (χ2v) is 4.74. The minimum atomic E-state index is -4.82. The Kier molecular flexibility index (Phi) is 4.33. The average molecular weight is 358 g/mol. The number of hydrogen-bond acceptors (Lipinski definition) is 4. The summed E-state index contributed by atoms with van der Waals surface area (Å²) < 4.78 is 41.6. The van der Waals surface area contributed by atoms with Gasteiger partial charge in [0.25, 0.3) is 0 Å². The Bertz CT molecular complexity index is 698. The minimum absolute atomic E-state index is 0.0470. The van der Waals surface area contributed by atoms with Gasteiger partial charge in [0.1, 0.15) is 11.9 Å². The Labute approximate surface area is 126 Å². The van der Waals surface area contributed by atoms with Crippen molar-refractivity contribution in [2.75, 3.05) is 5.32 Å². The Morgan fingerprint density at radius 2 is 2.05 bits per heavy atom. The fourth-order valence-corrected chi connectivity index (χ4v) is 1.87. The van der Waals surface area contributed by atoms with Crippen molar-refractivity contribution < 1.29 is 17.9 Å². The molecule has 0 aliphatic carbocycles. The number of nitrogens with one attached hydrogen (secondary N) is 1. The van der Waals surface area contributed by atoms with Crippen LogP contribution in [0.5, 0.6) is 5.75 Å². The molecule has 0 unspecified atom stereocenters. The molecule has 0 amide bonds. The molecule has 0 aliphatic heterocycles. The van der Waals surface area contributed by atoms with Gasteiger partial charge in [-0.2, -0.15) is 5.26 Å². The quantitative estimate of drug-likeness (QED) is 0.886. The highest BCUT2D eigenvalue weighted by Crippen LogP contribution is 2.34. The van der Waals surface area contributed by atoms with E-state index in [1.54, 1.807) is 12.1 Å². The topological polar surface area (TPSA) is 57.9 Å². The van der Waals surface area contributed by atoms with Gasteiger partial charge < -0.3 is 10.1 Å². The standard InChI is InChI=1S/C13H7BrF3N3O/c14-9-3-4-10(11(6-9)21-13(15,16)17)20-12-8(7-18)2-1-5-19-12/h1-6H,(H,19,20). The SMILES string of the molecule is N#Cc1cccnc1Nc1ccc(Br)cc1OC(F)(F)F. The number of hydrogen-bond donors (Lipinski definition) is 1. The highest BCUT2D eigenvalue weighted by Gasteiger charge is 2.32. The molecule has 0 bridgehead atoms. The van der Waals surface area contributed by atoms with Crippen molar-refractivity contribution in [3.05, 3.63) is 46.6 Å². The van der Waals surface area contributed by atoms with Crippen LogP contribution in [0, 0.1) is 11.3 Å². The van der Waals surface area contributed by atoms with E-state index >= 15 is 0 Å². The van der Waals surface area contributed by atoms with Crippen molar-refractivity contribution in [2.45, 2.75) is 6.36 Å². The first-order valence-electron chi connectivity index (χ1n) is 5.56. The van der Waals surface area contributed by atoms with Gasteiger partial charge in [0.2, 0.25) is 0 Å². The molecule has 4 nitrogen and oxygen atoms in total. The fourth-order valence-electron chi connectivity index (χ4n) is 1.53. The second kappa shape index (κ2) is 6.01. The number of aromatic nitrogens is 1. The molecule has 0 saturated carbocycles. The van der Waals surface area contributed by atoms with Gasteiger partial charge in [0.15, 0.2) is 5.75 Å². The average Bonchev–Trinajstić information content (AvgIpc) is 2.40. The van der Waals surface area contributed by atoms with E-state index in [-0.39, 0.29) is 17.1 Å². The zero-order valence-corrected chi connectivity index (χ0v) is 11.9. The van der Waals surface area contributed by atoms with Gasteiger partial charge in [-0.3, -0.25) is 0 Å². The monoisotopic (exact) mass is 357 g/mol. The van der Waals surface area contributed by atoms with Crippen LogP contribution in [0.15, 0.2) is 41.0 Å². The molecule has 0 radical (unpaired) electrons. The van der Waals surface area contributed by atoms with Crippen LogP contribution in [0.2, 0.25) is 0 Å². The molecule has 1 N–H and O–H groups in total. The zero-order valence-electron chi connectivity index (χ0n) is 10.3. The first-order chi connectivity index (χ1) is 9.89. The number of rotatable bonds is 3. The lowest BCUT2D eigenvalue weighted by molar-refractivity contribution is -0.274. The van der Waals surface area contributed by atoms with E-state index < -0.39 is 12.1 Å². The predicted molar refractivity (Wildman–Crippen MR) is 73.1 cm³/mol. The summed E-state index contributed by atoms with van der Waals surface area (Å²) in [6.45, 7) is 0. The summed E-state index contributed by atoms with van der Waals surface area (Å²) in [6, 6.07) is 9.05. The first kappa shape index (κ1) is 15.1. The van der Waals surface area contributed by atoms with Crippen LogP contribution in [0.4, 0.5) is 24.7 Å². The van der Waals surface area contributed by atoms with Crippen molar-refractivity contribution in [2.24, 2.45) is 0 Å². The van der Waals surface area contributed by atoms with Crippen LogP contribution in [-0.2, 0) is 0 Å². The molecule has 0 saturated heterocycles. The normalized spacial score (nSPS) is 10.8. The third-order valence-electron chi connectivity index (χ3n) is 2.35. The molecular formula is C13H7BrF3N3O. The van der Waals surface area contributed by atoms with E-state index in [1.807, 2.05) is 6.07 Å². The number of ether oxygens (including phenoxy) is 1. The zero-order chi connectivity index (χ0) is 15.5. The van der Waals surface area contributed by atoms with Crippen molar-refractivity contribution >= 4 is 27.4 Å². The molecule has 0 fully saturated rings. The van der Waals surface area contributed by atoms with Gasteiger partial charge in [-0.25, -0.2) is 4.98 Å². The molecule has 21 heavy (non-hydrogen) atoms. The highest BCUT2D eigenvalue weighted by atomic mass is 79.9. The van der Waals surface area contributed by atoms with Crippen molar-refractivity contribution in [3.8, 4) is 11.8 Å². The Balaban J connectivity index is 2.38. The Morgan fingerprint density at radius 1 is 1.29 bits per heavy atom. The van der Waals surface area contributed by atoms with Crippen LogP contribution in [0.25, 0.3) is 0 Å². The molecule has 1 aromatic carbocycles. The summed E-state index contributed by atoms with van der Waals surface area (Å²) in [7, 11) is 0. The van der Waals surface area contributed by atoms with Gasteiger partial charge in [-0.1, -0.05) is 15.9 Å². The predicted octanol–water partition coefficient (Wildman–Crippen LogP) is 4.36. The van der Waals surface area contributed by atoms with Gasteiger partial charge in [-0.05, 0) is 30.3 Å². The van der Waals surface area contributed by atoms with E-state index in [0.29, 0.717) is 4.47 Å². The molecular weight excluding hydrogens is 351 g/mol. The number of benzene rings is 1. The van der Waals surface area contributed by atoms with Gasteiger partial charge >= 0.3 is 6.36 Å². The summed E-state index contributed by atoms with van der Waals surface area (Å²) >= 11 is 3.07. The Morgan fingerprint density at radius 3 is 2.71 bits per heavy atom. The largest absolute Gasteiger partial charge is 0.573 e. The lowest BCUT2D eigenvalue weighted by Crippen LogP contribution is -2.18. The number of alkyl halides is 3. The van der Waals surface area contributed by atoms with E-state index in [2.05, 4.69) is 31.0 Å². The van der Waals surface area contributed by atoms with Gasteiger partial charge in [0, 0.05) is 10.7 Å². The lowest BCUT2D eigenvalue weighted by Gasteiger charge is -2.15. The fraction of sp³-hybridized carbons (Fsp3) is 0.0769. The van der Waals surface area contributed by atoms with E-state index in [1.165, 1.54) is 24.4 Å². The summed E-state index contributed by atoms with van der Waals surface area (Å²) in [5, 5.41) is 11.6. The summed E-state index contributed by atoms with van der Waals surface area (Å²) in [5.41, 5.74) is 0.254. The number of pyridine rings is 1. The molecule has 0 aliphatic rings. The maximum atomic E-state index is 12.4. The van der Waals surface area contributed by atoms with E-state index in [0.717, 1.165) is 0 Å². The molecule has 8 heteroatoms. The number of halogens is 4. The molecule has 1 heterocycles. The molecule has 2 rings (SSSR count). The van der Waals surface area contributed by atoms with Crippen LogP contribution in [0.1, 0.15) is 5.56 Å². The minimum Gasteiger partial charge on any atom is -0.404 e. The molecule has 1 aromatic heterocycles. The molecule has 0 atom stereocenters. The summed E-state index contributed by atoms with van der Waals surface area (Å²) in [5.74, 6) is -0.277. The van der Waals surface area contributed by atoms with Crippen LogP contribution in [-0.4, -0.2) is 11.3 Å². The van der Waals surface area contributed by atoms with E-state index in [4.69, 9.17) is 5.26 Å². The third-order valence-corrected chi connectivity index (χ3v) is 2.84. The number of anilines is 2. The summed E-state index contributed by atoms with van der Waals surface area (Å²) in [4.78, 5) is 3.92. The van der Waals surface area contributed by atoms with Crippen molar-refractivity contribution in [3.63, 3.8) is 0 Å². The Hall–Kier alpha value is -2.27. The van der Waals surface area contributed by atoms with Crippen LogP contribution in [0.3, 0.4) is 0 Å². The maximum absolute atomic E-state index is 12.4. The van der Waals surface area contributed by atoms with Gasteiger partial charge in [-0.15, -0.1) is 13.2 Å². The number of nitriles is 1. The van der Waals surface area contributed by atoms with Crippen molar-refractivity contribution in [1.29, 1.82) is 5.26 Å². The third kappa shape index (κ3) is 4.10. The molecule has 0 spiro atoms. The van der Waals surface area contributed by atoms with Crippen LogP contribution >= 0.6 is 15.9 Å². The second-order valence-electron chi connectivity index (χ2n) is 3.82. The molecule has 108 valence electrons. The first-order valence-corrected chi connectivity index (χ1v) is 6.36. The molecule has 2 aromatic rings. The maximum Gasteiger partial charge on any atom is 0.573 e.